The van der Waals surface area contributed by atoms with Crippen LogP contribution in [0.5, 0.6) is 0 Å². The van der Waals surface area contributed by atoms with Crippen LogP contribution in [0.1, 0.15) is 27.2 Å². The summed E-state index contributed by atoms with van der Waals surface area (Å²) in [6.07, 6.45) is 1.35. The van der Waals surface area contributed by atoms with E-state index in [4.69, 9.17) is 5.73 Å². The molecular formula is C9H20N2. The molecule has 0 aromatic carbocycles. The zero-order chi connectivity index (χ0) is 8.48. The van der Waals surface area contributed by atoms with Gasteiger partial charge in [0.2, 0.25) is 0 Å². The maximum Gasteiger partial charge on any atom is 0.00966 e. The number of nitrogens with two attached hydrogens (primary N) is 1. The van der Waals surface area contributed by atoms with Crippen molar-refractivity contribution in [1.29, 1.82) is 0 Å². The monoisotopic (exact) mass is 156 g/mol. The third kappa shape index (κ3) is 2.80. The van der Waals surface area contributed by atoms with Crippen LogP contribution in [0.4, 0.5) is 0 Å². The summed E-state index contributed by atoms with van der Waals surface area (Å²) >= 11 is 0. The Balaban J connectivity index is 2.11. The first kappa shape index (κ1) is 9.01. The molecule has 1 saturated carbocycles. The Morgan fingerprint density at radius 3 is 2.45 bits per heavy atom. The first-order chi connectivity index (χ1) is 5.05. The smallest absolute Gasteiger partial charge is 0.00966 e. The summed E-state index contributed by atoms with van der Waals surface area (Å²) in [6.45, 7) is 8.51. The highest BCUT2D eigenvalue weighted by atomic mass is 15.0. The van der Waals surface area contributed by atoms with Crippen molar-refractivity contribution < 1.29 is 0 Å². The third-order valence-corrected chi connectivity index (χ3v) is 2.50. The lowest BCUT2D eigenvalue weighted by atomic mass is 9.94. The third-order valence-electron chi connectivity index (χ3n) is 2.50. The SMILES string of the molecule is CC1CC1NCC(C)(C)CN. The Morgan fingerprint density at radius 2 is 2.09 bits per heavy atom. The van der Waals surface area contributed by atoms with Gasteiger partial charge in [-0.2, -0.15) is 0 Å². The van der Waals surface area contributed by atoms with Gasteiger partial charge in [-0.25, -0.2) is 0 Å². The molecule has 0 aliphatic heterocycles. The summed E-state index contributed by atoms with van der Waals surface area (Å²) in [7, 11) is 0. The van der Waals surface area contributed by atoms with Crippen LogP contribution < -0.4 is 11.1 Å². The molecule has 1 fully saturated rings. The molecule has 2 unspecified atom stereocenters. The molecule has 0 saturated heterocycles. The molecule has 1 rings (SSSR count). The summed E-state index contributed by atoms with van der Waals surface area (Å²) in [6, 6.07) is 0.779. The molecule has 66 valence electrons. The average molecular weight is 156 g/mol. The van der Waals surface area contributed by atoms with E-state index in [2.05, 4.69) is 26.1 Å². The maximum absolute atomic E-state index is 5.61. The highest BCUT2D eigenvalue weighted by Crippen LogP contribution is 2.29. The topological polar surface area (TPSA) is 38.0 Å². The van der Waals surface area contributed by atoms with E-state index in [9.17, 15) is 0 Å². The molecule has 0 bridgehead atoms. The van der Waals surface area contributed by atoms with Crippen molar-refractivity contribution in [1.82, 2.24) is 5.32 Å². The second-order valence-electron chi connectivity index (χ2n) is 4.57. The van der Waals surface area contributed by atoms with Crippen LogP contribution in [-0.4, -0.2) is 19.1 Å². The second-order valence-corrected chi connectivity index (χ2v) is 4.57. The molecule has 11 heavy (non-hydrogen) atoms. The van der Waals surface area contributed by atoms with Crippen LogP contribution >= 0.6 is 0 Å². The second kappa shape index (κ2) is 3.11. The molecule has 2 nitrogen and oxygen atoms in total. The van der Waals surface area contributed by atoms with E-state index in [1.54, 1.807) is 0 Å². The number of nitrogens with one attached hydrogen (secondary N) is 1. The number of hydrogen-bond donors (Lipinski definition) is 2. The van der Waals surface area contributed by atoms with Gasteiger partial charge in [-0.05, 0) is 24.3 Å². The molecule has 3 N–H and O–H groups in total. The first-order valence-electron chi connectivity index (χ1n) is 4.48. The minimum absolute atomic E-state index is 0.266. The van der Waals surface area contributed by atoms with Crippen molar-refractivity contribution >= 4 is 0 Å². The summed E-state index contributed by atoms with van der Waals surface area (Å²) in [5.74, 6) is 0.892. The molecular weight excluding hydrogens is 136 g/mol. The van der Waals surface area contributed by atoms with E-state index in [0.717, 1.165) is 25.0 Å². The molecule has 0 aromatic rings. The Morgan fingerprint density at radius 1 is 1.55 bits per heavy atom. The average Bonchev–Trinajstić information content (AvgIpc) is 2.63. The molecule has 0 spiro atoms. The van der Waals surface area contributed by atoms with Gasteiger partial charge >= 0.3 is 0 Å². The minimum Gasteiger partial charge on any atom is -0.330 e. The van der Waals surface area contributed by atoms with Gasteiger partial charge in [0, 0.05) is 12.6 Å². The lowest BCUT2D eigenvalue weighted by Crippen LogP contribution is -2.36. The highest BCUT2D eigenvalue weighted by molar-refractivity contribution is 4.91. The zero-order valence-electron chi connectivity index (χ0n) is 7.85. The highest BCUT2D eigenvalue weighted by Gasteiger charge is 2.33. The fourth-order valence-electron chi connectivity index (χ4n) is 1.09. The van der Waals surface area contributed by atoms with Crippen LogP contribution in [-0.2, 0) is 0 Å². The fourth-order valence-corrected chi connectivity index (χ4v) is 1.09. The molecule has 2 atom stereocenters. The van der Waals surface area contributed by atoms with Crippen molar-refractivity contribution in [3.8, 4) is 0 Å². The number of rotatable bonds is 4. The van der Waals surface area contributed by atoms with Gasteiger partial charge in [-0.1, -0.05) is 20.8 Å². The summed E-state index contributed by atoms with van der Waals surface area (Å²) in [4.78, 5) is 0. The molecule has 1 aliphatic rings. The molecule has 0 heterocycles. The van der Waals surface area contributed by atoms with E-state index in [-0.39, 0.29) is 5.41 Å². The standard InChI is InChI=1S/C9H20N2/c1-7-4-8(7)11-6-9(2,3)5-10/h7-8,11H,4-6,10H2,1-3H3. The molecule has 0 radical (unpaired) electrons. The molecule has 1 aliphatic carbocycles. The van der Waals surface area contributed by atoms with Gasteiger partial charge in [-0.3, -0.25) is 0 Å². The summed E-state index contributed by atoms with van der Waals surface area (Å²) < 4.78 is 0. The fraction of sp³-hybridized carbons (Fsp3) is 1.00. The Labute approximate surface area is 69.5 Å². The van der Waals surface area contributed by atoms with E-state index in [1.165, 1.54) is 6.42 Å². The van der Waals surface area contributed by atoms with Crippen molar-refractivity contribution in [2.45, 2.75) is 33.2 Å². The Hall–Kier alpha value is -0.0800. The van der Waals surface area contributed by atoms with Gasteiger partial charge < -0.3 is 11.1 Å². The van der Waals surface area contributed by atoms with Crippen molar-refractivity contribution in [3.63, 3.8) is 0 Å². The number of hydrogen-bond acceptors (Lipinski definition) is 2. The quantitative estimate of drug-likeness (QED) is 0.636. The lowest BCUT2D eigenvalue weighted by molar-refractivity contribution is 0.348. The zero-order valence-corrected chi connectivity index (χ0v) is 7.85. The lowest BCUT2D eigenvalue weighted by Gasteiger charge is -2.22. The largest absolute Gasteiger partial charge is 0.330 e. The predicted octanol–water partition coefficient (Wildman–Crippen LogP) is 0.969. The summed E-state index contributed by atoms with van der Waals surface area (Å²) in [5.41, 5.74) is 5.87. The predicted molar refractivity (Wildman–Crippen MR) is 48.4 cm³/mol. The maximum atomic E-state index is 5.61. The van der Waals surface area contributed by atoms with Gasteiger partial charge in [-0.15, -0.1) is 0 Å². The normalized spacial score (nSPS) is 30.5. The van der Waals surface area contributed by atoms with Gasteiger partial charge in [0.05, 0.1) is 0 Å². The van der Waals surface area contributed by atoms with E-state index >= 15 is 0 Å². The van der Waals surface area contributed by atoms with Crippen molar-refractivity contribution in [3.05, 3.63) is 0 Å². The molecule has 0 aromatic heterocycles. The van der Waals surface area contributed by atoms with Crippen LogP contribution in [0, 0.1) is 11.3 Å². The minimum atomic E-state index is 0.266. The summed E-state index contributed by atoms with van der Waals surface area (Å²) in [5, 5.41) is 3.52. The first-order valence-corrected chi connectivity index (χ1v) is 4.48. The van der Waals surface area contributed by atoms with Crippen LogP contribution in [0.3, 0.4) is 0 Å². The van der Waals surface area contributed by atoms with Gasteiger partial charge in [0.15, 0.2) is 0 Å². The van der Waals surface area contributed by atoms with E-state index in [0.29, 0.717) is 0 Å². The van der Waals surface area contributed by atoms with Crippen LogP contribution in [0.25, 0.3) is 0 Å². The van der Waals surface area contributed by atoms with E-state index in [1.807, 2.05) is 0 Å². The van der Waals surface area contributed by atoms with Gasteiger partial charge in [0.25, 0.3) is 0 Å². The molecule has 2 heteroatoms. The van der Waals surface area contributed by atoms with E-state index < -0.39 is 0 Å². The Kier molecular flexibility index (Phi) is 2.55. The van der Waals surface area contributed by atoms with Crippen molar-refractivity contribution in [2.75, 3.05) is 13.1 Å². The van der Waals surface area contributed by atoms with Crippen molar-refractivity contribution in [2.24, 2.45) is 17.1 Å². The van der Waals surface area contributed by atoms with Crippen LogP contribution in [0.15, 0.2) is 0 Å². The van der Waals surface area contributed by atoms with Crippen LogP contribution in [0.2, 0.25) is 0 Å². The Bertz CT molecular complexity index is 132. The molecule has 0 amide bonds. The van der Waals surface area contributed by atoms with Gasteiger partial charge in [0.1, 0.15) is 0 Å².